The summed E-state index contributed by atoms with van der Waals surface area (Å²) in [6.45, 7) is 0. The smallest absolute Gasteiger partial charge is 0.199 e. The van der Waals surface area contributed by atoms with Crippen LogP contribution in [0, 0.1) is 0 Å². The van der Waals surface area contributed by atoms with E-state index in [0.717, 1.165) is 23.0 Å². The molecule has 2 aromatic heterocycles. The van der Waals surface area contributed by atoms with Crippen LogP contribution in [0.5, 0.6) is 5.75 Å². The number of methoxy groups -OCH3 is 1. The van der Waals surface area contributed by atoms with Crippen LogP contribution >= 0.6 is 11.3 Å². The summed E-state index contributed by atoms with van der Waals surface area (Å²) in [5.41, 5.74) is 1.99. The number of rotatable bonds is 6. The number of aromatic nitrogens is 3. The van der Waals surface area contributed by atoms with E-state index < -0.39 is 0 Å². The fourth-order valence-electron chi connectivity index (χ4n) is 2.24. The first-order valence-corrected chi connectivity index (χ1v) is 8.05. The van der Waals surface area contributed by atoms with Crippen LogP contribution < -0.4 is 4.74 Å². The van der Waals surface area contributed by atoms with E-state index in [4.69, 9.17) is 4.74 Å². The molecule has 0 amide bonds. The molecule has 2 heterocycles. The van der Waals surface area contributed by atoms with Gasteiger partial charge in [-0.3, -0.25) is 9.89 Å². The third kappa shape index (κ3) is 3.52. The van der Waals surface area contributed by atoms with Crippen LogP contribution in [0.3, 0.4) is 0 Å². The first kappa shape index (κ1) is 15.9. The normalized spacial score (nSPS) is 11.5. The number of nitrogens with zero attached hydrogens (tertiary/aromatic N) is 2. The molecule has 0 aliphatic carbocycles. The predicted octanol–water partition coefficient (Wildman–Crippen LogP) is 3.25. The summed E-state index contributed by atoms with van der Waals surface area (Å²) >= 11 is 1.35. The van der Waals surface area contributed by atoms with E-state index in [0.29, 0.717) is 11.3 Å². The second-order valence-electron chi connectivity index (χ2n) is 5.03. The zero-order valence-corrected chi connectivity index (χ0v) is 13.7. The highest BCUT2D eigenvalue weighted by atomic mass is 32.1. The minimum absolute atomic E-state index is 0.164. The summed E-state index contributed by atoms with van der Waals surface area (Å²) in [4.78, 5) is 16.8. The molecule has 0 spiro atoms. The Morgan fingerprint density at radius 2 is 2.12 bits per heavy atom. The number of hydrogen-bond acceptors (Lipinski definition) is 6. The second kappa shape index (κ2) is 7.10. The van der Waals surface area contributed by atoms with Crippen molar-refractivity contribution in [1.82, 2.24) is 15.2 Å². The summed E-state index contributed by atoms with van der Waals surface area (Å²) in [5, 5.41) is 17.9. The van der Waals surface area contributed by atoms with E-state index >= 15 is 0 Å². The van der Waals surface area contributed by atoms with E-state index in [2.05, 4.69) is 15.2 Å². The third-order valence-electron chi connectivity index (χ3n) is 3.45. The van der Waals surface area contributed by atoms with Crippen molar-refractivity contribution in [1.29, 1.82) is 0 Å². The molecule has 6 nitrogen and oxygen atoms in total. The van der Waals surface area contributed by atoms with Gasteiger partial charge in [0.25, 0.3) is 0 Å². The fraction of sp³-hybridized carbons (Fsp3) is 0.118. The molecule has 0 fully saturated rings. The average molecular weight is 341 g/mol. The van der Waals surface area contributed by atoms with Gasteiger partial charge in [-0.15, -0.1) is 11.3 Å². The largest absolute Gasteiger partial charge is 0.504 e. The quantitative estimate of drug-likeness (QED) is 0.408. The number of carbonyl (C=O) groups is 1. The third-order valence-corrected chi connectivity index (χ3v) is 4.42. The fourth-order valence-corrected chi connectivity index (χ4v) is 3.08. The maximum absolute atomic E-state index is 12.4. The topological polar surface area (TPSA) is 88.1 Å². The number of aliphatic hydroxyl groups is 1. The zero-order valence-electron chi connectivity index (χ0n) is 12.9. The predicted molar refractivity (Wildman–Crippen MR) is 91.4 cm³/mol. The van der Waals surface area contributed by atoms with E-state index in [9.17, 15) is 9.90 Å². The number of hydrogen-bond donors (Lipinski definition) is 2. The van der Waals surface area contributed by atoms with Crippen LogP contribution in [-0.4, -0.2) is 33.2 Å². The number of aromatic amines is 1. The summed E-state index contributed by atoms with van der Waals surface area (Å²) in [7, 11) is 1.62. The maximum atomic E-state index is 12.4. The number of nitrogens with one attached hydrogen (secondary N) is 1. The van der Waals surface area contributed by atoms with Gasteiger partial charge in [-0.1, -0.05) is 12.1 Å². The summed E-state index contributed by atoms with van der Waals surface area (Å²) in [6.07, 6.45) is 3.06. The van der Waals surface area contributed by atoms with Gasteiger partial charge in [0, 0.05) is 6.08 Å². The molecule has 3 rings (SSSR count). The van der Waals surface area contributed by atoms with Crippen LogP contribution in [-0.2, 0) is 6.42 Å². The molecule has 0 unspecified atom stereocenters. The van der Waals surface area contributed by atoms with Crippen molar-refractivity contribution < 1.29 is 14.6 Å². The van der Waals surface area contributed by atoms with Gasteiger partial charge in [0.15, 0.2) is 17.4 Å². The molecule has 0 bridgehead atoms. The minimum Gasteiger partial charge on any atom is -0.504 e. The van der Waals surface area contributed by atoms with Crippen molar-refractivity contribution in [2.45, 2.75) is 6.42 Å². The second-order valence-corrected chi connectivity index (χ2v) is 5.94. The zero-order chi connectivity index (χ0) is 16.9. The molecule has 0 aliphatic rings. The average Bonchev–Trinajstić information content (AvgIpc) is 3.27. The first-order chi connectivity index (χ1) is 11.7. The summed E-state index contributed by atoms with van der Waals surface area (Å²) < 4.78 is 5.14. The molecule has 0 saturated carbocycles. The SMILES string of the molecule is COc1ccc(Cc2ccsc2C(=O)C=C(O)c2ncn[nH]2)cc1. The van der Waals surface area contributed by atoms with Crippen molar-refractivity contribution >= 4 is 22.9 Å². The van der Waals surface area contributed by atoms with Crippen LogP contribution in [0.15, 0.2) is 48.1 Å². The number of allylic oxidation sites excluding steroid dienone is 1. The number of thiophene rings is 1. The molecule has 0 saturated heterocycles. The Hall–Kier alpha value is -2.93. The number of carbonyl (C=O) groups excluding carboxylic acids is 1. The standard InChI is InChI=1S/C17H15N3O3S/c1-23-13-4-2-11(3-5-13)8-12-6-7-24-16(12)14(21)9-15(22)17-18-10-19-20-17/h2-7,9-10,22H,8H2,1H3,(H,18,19,20). The number of ether oxygens (including phenoxy) is 1. The minimum atomic E-state index is -0.262. The molecule has 0 radical (unpaired) electrons. The van der Waals surface area contributed by atoms with Gasteiger partial charge >= 0.3 is 0 Å². The van der Waals surface area contributed by atoms with Gasteiger partial charge in [0.1, 0.15) is 12.1 Å². The van der Waals surface area contributed by atoms with Gasteiger partial charge in [0.05, 0.1) is 12.0 Å². The molecular formula is C17H15N3O3S. The Morgan fingerprint density at radius 3 is 2.79 bits per heavy atom. The Balaban J connectivity index is 1.79. The van der Waals surface area contributed by atoms with E-state index in [-0.39, 0.29) is 17.4 Å². The van der Waals surface area contributed by atoms with Crippen molar-refractivity contribution in [3.05, 3.63) is 69.9 Å². The van der Waals surface area contributed by atoms with Gasteiger partial charge in [-0.05, 0) is 41.1 Å². The van der Waals surface area contributed by atoms with Crippen LogP contribution in [0.4, 0.5) is 0 Å². The number of benzene rings is 1. The summed E-state index contributed by atoms with van der Waals surface area (Å²) in [6, 6.07) is 9.62. The molecule has 2 N–H and O–H groups in total. The Kier molecular flexibility index (Phi) is 4.72. The van der Waals surface area contributed by atoms with E-state index in [1.807, 2.05) is 35.7 Å². The highest BCUT2D eigenvalue weighted by Crippen LogP contribution is 2.23. The summed E-state index contributed by atoms with van der Waals surface area (Å²) in [5.74, 6) is 0.459. The highest BCUT2D eigenvalue weighted by Gasteiger charge is 2.14. The number of ketones is 1. The molecule has 3 aromatic rings. The lowest BCUT2D eigenvalue weighted by atomic mass is 10.0. The van der Waals surface area contributed by atoms with E-state index in [1.54, 1.807) is 7.11 Å². The molecular weight excluding hydrogens is 326 g/mol. The lowest BCUT2D eigenvalue weighted by Gasteiger charge is -2.04. The van der Waals surface area contributed by atoms with Gasteiger partial charge in [-0.25, -0.2) is 4.98 Å². The monoisotopic (exact) mass is 341 g/mol. The first-order valence-electron chi connectivity index (χ1n) is 7.17. The molecule has 24 heavy (non-hydrogen) atoms. The molecule has 7 heteroatoms. The van der Waals surface area contributed by atoms with E-state index in [1.165, 1.54) is 17.7 Å². The Labute approximate surface area is 142 Å². The van der Waals surface area contributed by atoms with Crippen LogP contribution in [0.2, 0.25) is 0 Å². The molecule has 0 atom stereocenters. The van der Waals surface area contributed by atoms with Gasteiger partial charge in [0.2, 0.25) is 0 Å². The molecule has 122 valence electrons. The lowest BCUT2D eigenvalue weighted by molar-refractivity contribution is 0.104. The highest BCUT2D eigenvalue weighted by molar-refractivity contribution is 7.12. The van der Waals surface area contributed by atoms with Crippen LogP contribution in [0.25, 0.3) is 5.76 Å². The molecule has 0 aliphatic heterocycles. The maximum Gasteiger partial charge on any atom is 0.199 e. The van der Waals surface area contributed by atoms with Crippen molar-refractivity contribution in [3.63, 3.8) is 0 Å². The molecule has 1 aromatic carbocycles. The lowest BCUT2D eigenvalue weighted by Crippen LogP contribution is -1.99. The van der Waals surface area contributed by atoms with Crippen molar-refractivity contribution in [2.24, 2.45) is 0 Å². The van der Waals surface area contributed by atoms with Gasteiger partial charge < -0.3 is 9.84 Å². The van der Waals surface area contributed by atoms with Crippen molar-refractivity contribution in [3.8, 4) is 5.75 Å². The Bertz CT molecular complexity index is 852. The van der Waals surface area contributed by atoms with Gasteiger partial charge in [-0.2, -0.15) is 5.10 Å². The van der Waals surface area contributed by atoms with Crippen LogP contribution in [0.1, 0.15) is 26.6 Å². The number of aliphatic hydroxyl groups excluding tert-OH is 1. The number of H-pyrrole nitrogens is 1. The Morgan fingerprint density at radius 1 is 1.33 bits per heavy atom. The van der Waals surface area contributed by atoms with Crippen molar-refractivity contribution in [2.75, 3.05) is 7.11 Å².